The van der Waals surface area contributed by atoms with Crippen molar-refractivity contribution in [3.8, 4) is 0 Å². The maximum Gasteiger partial charge on any atom is 0.184 e. The van der Waals surface area contributed by atoms with Gasteiger partial charge in [-0.3, -0.25) is 9.83 Å². The summed E-state index contributed by atoms with van der Waals surface area (Å²) in [7, 11) is 3.28. The van der Waals surface area contributed by atoms with Gasteiger partial charge in [-0.1, -0.05) is 11.8 Å². The van der Waals surface area contributed by atoms with Gasteiger partial charge >= 0.3 is 0 Å². The Labute approximate surface area is 108 Å². The van der Waals surface area contributed by atoms with Crippen LogP contribution in [0.1, 0.15) is 0 Å². The maximum absolute atomic E-state index is 9.97. The number of thioether (sulfide) groups is 2. The van der Waals surface area contributed by atoms with Crippen LogP contribution in [0.2, 0.25) is 0 Å². The normalized spacial score (nSPS) is 41.0. The molecule has 0 aromatic heterocycles. The Bertz CT molecular complexity index is 317. The van der Waals surface area contributed by atoms with Gasteiger partial charge in [-0.2, -0.15) is 0 Å². The van der Waals surface area contributed by atoms with Crippen molar-refractivity contribution in [2.75, 3.05) is 20.8 Å². The fourth-order valence-electron chi connectivity index (χ4n) is 1.80. The molecule has 1 fully saturated rings. The second-order valence-corrected chi connectivity index (χ2v) is 6.70. The molecule has 5 atom stereocenters. The molecule has 0 aliphatic carbocycles. The highest BCUT2D eigenvalue weighted by Crippen LogP contribution is 2.44. The quantitative estimate of drug-likeness (QED) is 0.566. The number of nitrogens with zero attached hydrogens (tertiary/aromatic N) is 2. The summed E-state index contributed by atoms with van der Waals surface area (Å²) in [5.74, 6) is 0. The Morgan fingerprint density at radius 3 is 2.71 bits per heavy atom. The molecule has 1 saturated heterocycles. The van der Waals surface area contributed by atoms with Crippen molar-refractivity contribution in [3.05, 3.63) is 0 Å². The molecule has 5 unspecified atom stereocenters. The van der Waals surface area contributed by atoms with Crippen LogP contribution in [0.5, 0.6) is 0 Å². The van der Waals surface area contributed by atoms with Crippen LogP contribution < -0.4 is 0 Å². The molecule has 2 rings (SSSR count). The minimum atomic E-state index is -0.942. The second kappa shape index (κ2) is 5.33. The van der Waals surface area contributed by atoms with Crippen LogP contribution >= 0.6 is 23.5 Å². The first-order valence-electron chi connectivity index (χ1n) is 5.23. The zero-order valence-electron chi connectivity index (χ0n) is 9.55. The third-order valence-corrected chi connectivity index (χ3v) is 5.90. The molecule has 2 aliphatic heterocycles. The van der Waals surface area contributed by atoms with Crippen LogP contribution in [0.4, 0.5) is 0 Å². The molecule has 0 bridgehead atoms. The van der Waals surface area contributed by atoms with E-state index >= 15 is 0 Å². The van der Waals surface area contributed by atoms with Crippen LogP contribution in [0.3, 0.4) is 0 Å². The fraction of sp³-hybridized carbons (Fsp3) is 0.889. The molecule has 8 heteroatoms. The van der Waals surface area contributed by atoms with Crippen LogP contribution in [0, 0.1) is 0 Å². The Balaban J connectivity index is 2.12. The summed E-state index contributed by atoms with van der Waals surface area (Å²) in [5.41, 5.74) is 0. The van der Waals surface area contributed by atoms with Crippen molar-refractivity contribution in [1.29, 1.82) is 0 Å². The Morgan fingerprint density at radius 2 is 2.12 bits per heavy atom. The molecule has 17 heavy (non-hydrogen) atoms. The molecule has 0 aromatic rings. The van der Waals surface area contributed by atoms with E-state index < -0.39 is 12.2 Å². The summed E-state index contributed by atoms with van der Waals surface area (Å²) < 4.78 is 0.0122. The number of hydroxylamine groups is 2. The van der Waals surface area contributed by atoms with Crippen molar-refractivity contribution in [2.45, 2.75) is 28.1 Å². The van der Waals surface area contributed by atoms with Gasteiger partial charge in [0.05, 0.1) is 29.7 Å². The molecular formula is C9H16N2O4S2. The van der Waals surface area contributed by atoms with Crippen LogP contribution in [0.25, 0.3) is 0 Å². The number of aliphatic imine (C=N–C) groups is 1. The van der Waals surface area contributed by atoms with Gasteiger partial charge in [-0.25, -0.2) is 5.06 Å². The molecule has 0 radical (unpaired) electrons. The lowest BCUT2D eigenvalue weighted by Crippen LogP contribution is -2.51. The van der Waals surface area contributed by atoms with Gasteiger partial charge in [0, 0.05) is 7.05 Å². The predicted octanol–water partition coefficient (Wildman–Crippen LogP) is -0.893. The van der Waals surface area contributed by atoms with Crippen molar-refractivity contribution in [2.24, 2.45) is 4.99 Å². The Kier molecular flexibility index (Phi) is 4.22. The average Bonchev–Trinajstić information content (AvgIpc) is 2.76. The summed E-state index contributed by atoms with van der Waals surface area (Å²) in [6.45, 7) is -0.151. The first-order valence-corrected chi connectivity index (χ1v) is 7.05. The molecule has 0 amide bonds. The van der Waals surface area contributed by atoms with Gasteiger partial charge in [-0.15, -0.1) is 11.8 Å². The molecule has 2 heterocycles. The topological polar surface area (TPSA) is 85.5 Å². The number of aliphatic hydroxyl groups excluding tert-OH is 3. The van der Waals surface area contributed by atoms with Crippen molar-refractivity contribution in [1.82, 2.24) is 5.06 Å². The first kappa shape index (κ1) is 13.4. The van der Waals surface area contributed by atoms with E-state index in [2.05, 4.69) is 4.99 Å². The highest BCUT2D eigenvalue weighted by Gasteiger charge is 2.48. The van der Waals surface area contributed by atoms with Gasteiger partial charge in [0.25, 0.3) is 0 Å². The Morgan fingerprint density at radius 1 is 1.41 bits per heavy atom. The summed E-state index contributed by atoms with van der Waals surface area (Å²) in [6, 6.07) is -0.351. The molecular weight excluding hydrogens is 264 g/mol. The zero-order chi connectivity index (χ0) is 12.6. The van der Waals surface area contributed by atoms with Gasteiger partial charge in [0.1, 0.15) is 12.1 Å². The lowest BCUT2D eigenvalue weighted by Gasteiger charge is -2.36. The number of hydrogen-bond donors (Lipinski definition) is 3. The molecule has 0 aromatic carbocycles. The number of amidine groups is 1. The lowest BCUT2D eigenvalue weighted by atomic mass is 10.0. The van der Waals surface area contributed by atoms with Gasteiger partial charge in [0.15, 0.2) is 5.17 Å². The minimum Gasteiger partial charge on any atom is -0.395 e. The van der Waals surface area contributed by atoms with E-state index in [0.717, 1.165) is 0 Å². The van der Waals surface area contributed by atoms with E-state index in [1.54, 1.807) is 14.2 Å². The summed E-state index contributed by atoms with van der Waals surface area (Å²) in [5, 5.41) is 30.8. The SMILES string of the molecule is CON(C)C1=NC2C(S1)SC(CO)C(O)C2O. The van der Waals surface area contributed by atoms with E-state index in [1.807, 2.05) is 0 Å². The third kappa shape index (κ3) is 2.42. The highest BCUT2D eigenvalue weighted by atomic mass is 32.2. The van der Waals surface area contributed by atoms with Crippen molar-refractivity contribution >= 4 is 28.7 Å². The largest absolute Gasteiger partial charge is 0.395 e. The van der Waals surface area contributed by atoms with Crippen LogP contribution in [-0.4, -0.2) is 74.4 Å². The number of rotatable bonds is 2. The van der Waals surface area contributed by atoms with Crippen molar-refractivity contribution < 1.29 is 20.2 Å². The van der Waals surface area contributed by atoms with E-state index in [9.17, 15) is 10.2 Å². The van der Waals surface area contributed by atoms with Crippen molar-refractivity contribution in [3.63, 3.8) is 0 Å². The van der Waals surface area contributed by atoms with E-state index in [0.29, 0.717) is 5.17 Å². The number of fused-ring (bicyclic) bond motifs is 1. The monoisotopic (exact) mass is 280 g/mol. The van der Waals surface area contributed by atoms with E-state index in [1.165, 1.54) is 28.6 Å². The minimum absolute atomic E-state index is 0.0122. The van der Waals surface area contributed by atoms with E-state index in [-0.39, 0.29) is 22.5 Å². The molecule has 98 valence electrons. The molecule has 2 aliphatic rings. The molecule has 3 N–H and O–H groups in total. The summed E-state index contributed by atoms with van der Waals surface area (Å²) >= 11 is 2.94. The summed E-state index contributed by atoms with van der Waals surface area (Å²) in [4.78, 5) is 9.38. The van der Waals surface area contributed by atoms with Crippen LogP contribution in [0.15, 0.2) is 4.99 Å². The fourth-order valence-corrected chi connectivity index (χ4v) is 4.82. The molecule has 0 saturated carbocycles. The first-order chi connectivity index (χ1) is 8.08. The average molecular weight is 280 g/mol. The highest BCUT2D eigenvalue weighted by molar-refractivity contribution is 8.25. The maximum atomic E-state index is 9.97. The Hall–Kier alpha value is 0.01000. The van der Waals surface area contributed by atoms with E-state index in [4.69, 9.17) is 9.94 Å². The van der Waals surface area contributed by atoms with Gasteiger partial charge in [0.2, 0.25) is 0 Å². The summed E-state index contributed by atoms with van der Waals surface area (Å²) in [6.07, 6.45) is -1.88. The smallest absolute Gasteiger partial charge is 0.184 e. The number of hydrogen-bond acceptors (Lipinski definition) is 8. The standard InChI is InChI=1S/C9H16N2O4S2/c1-11(15-2)9-10-5-7(14)6(13)4(3-12)16-8(5)17-9/h4-8,12-14H,3H2,1-2H3. The second-order valence-electron chi connectivity index (χ2n) is 3.91. The predicted molar refractivity (Wildman–Crippen MR) is 67.9 cm³/mol. The lowest BCUT2D eigenvalue weighted by molar-refractivity contribution is -0.0394. The zero-order valence-corrected chi connectivity index (χ0v) is 11.2. The molecule has 0 spiro atoms. The van der Waals surface area contributed by atoms with Gasteiger partial charge < -0.3 is 15.3 Å². The molecule has 6 nitrogen and oxygen atoms in total. The van der Waals surface area contributed by atoms with Gasteiger partial charge in [-0.05, 0) is 0 Å². The third-order valence-electron chi connectivity index (χ3n) is 2.87. The van der Waals surface area contributed by atoms with Crippen LogP contribution in [-0.2, 0) is 4.84 Å². The number of aliphatic hydroxyl groups is 3.